The van der Waals surface area contributed by atoms with E-state index >= 15 is 0 Å². The summed E-state index contributed by atoms with van der Waals surface area (Å²) in [6.07, 6.45) is -1.22. The first kappa shape index (κ1) is 29.0. The molecule has 0 amide bonds. The molecule has 1 aliphatic rings. The van der Waals surface area contributed by atoms with Crippen molar-refractivity contribution in [3.05, 3.63) is 52.7 Å². The lowest BCUT2D eigenvalue weighted by molar-refractivity contribution is 0.146. The lowest BCUT2D eigenvalue weighted by Gasteiger charge is -2.27. The minimum atomic E-state index is -2.88. The minimum Gasteiger partial charge on any atom is -0.369 e. The van der Waals surface area contributed by atoms with Gasteiger partial charge in [0.25, 0.3) is 6.43 Å². The Kier molecular flexibility index (Phi) is 9.27. The summed E-state index contributed by atoms with van der Waals surface area (Å²) in [5, 5.41) is 4.03. The van der Waals surface area contributed by atoms with Crippen molar-refractivity contribution >= 4 is 22.5 Å². The topological polar surface area (TPSA) is 60.4 Å². The second-order valence-electron chi connectivity index (χ2n) is 10.9. The Morgan fingerprint density at radius 3 is 2.44 bits per heavy atom. The van der Waals surface area contributed by atoms with Crippen molar-refractivity contribution in [3.8, 4) is 0 Å². The van der Waals surface area contributed by atoms with Crippen LogP contribution in [0.25, 0.3) is 11.0 Å². The predicted octanol–water partition coefficient (Wildman–Crippen LogP) is 5.61. The Hall–Kier alpha value is -2.98. The van der Waals surface area contributed by atoms with Crippen LogP contribution in [-0.4, -0.2) is 77.6 Å². The predicted molar refractivity (Wildman–Crippen MR) is 151 cm³/mol. The fourth-order valence-corrected chi connectivity index (χ4v) is 5.09. The Balaban J connectivity index is 1.74. The number of aryl methyl sites for hydroxylation is 1. The zero-order valence-corrected chi connectivity index (χ0v) is 23.8. The van der Waals surface area contributed by atoms with E-state index in [1.165, 1.54) is 12.1 Å². The highest BCUT2D eigenvalue weighted by atomic mass is 19.3. The molecule has 212 valence electrons. The summed E-state index contributed by atoms with van der Waals surface area (Å²) in [5.41, 5.74) is 2.05. The summed E-state index contributed by atoms with van der Waals surface area (Å²) >= 11 is 0. The Bertz CT molecular complexity index is 1280. The molecule has 1 atom stereocenters. The van der Waals surface area contributed by atoms with Gasteiger partial charge in [-0.3, -0.25) is 4.90 Å². The maximum Gasteiger partial charge on any atom is 0.266 e. The number of hydrogen-bond acceptors (Lipinski definition) is 7. The third-order valence-corrected chi connectivity index (χ3v) is 7.39. The summed E-state index contributed by atoms with van der Waals surface area (Å²) in [6.45, 7) is 12.8. The van der Waals surface area contributed by atoms with E-state index in [2.05, 4.69) is 39.9 Å². The average molecular weight is 544 g/mol. The fraction of sp³-hybridized carbons (Fsp3) is 0.552. The molecule has 1 saturated heterocycles. The van der Waals surface area contributed by atoms with Crippen molar-refractivity contribution in [2.75, 3.05) is 57.0 Å². The quantitative estimate of drug-likeness (QED) is 0.377. The number of hydrogen-bond donors (Lipinski definition) is 1. The maximum atomic E-state index is 15.0. The van der Waals surface area contributed by atoms with E-state index in [1.807, 2.05) is 21.0 Å². The van der Waals surface area contributed by atoms with E-state index < -0.39 is 23.8 Å². The molecular weight excluding hydrogens is 503 g/mol. The van der Waals surface area contributed by atoms with E-state index in [-0.39, 0.29) is 5.56 Å². The van der Waals surface area contributed by atoms with Crippen LogP contribution in [0.3, 0.4) is 0 Å². The van der Waals surface area contributed by atoms with Gasteiger partial charge in [-0.05, 0) is 54.3 Å². The van der Waals surface area contributed by atoms with Crippen molar-refractivity contribution in [3.63, 3.8) is 0 Å². The second-order valence-corrected chi connectivity index (χ2v) is 10.9. The van der Waals surface area contributed by atoms with Gasteiger partial charge in [-0.25, -0.2) is 28.1 Å². The van der Waals surface area contributed by atoms with Gasteiger partial charge in [0.15, 0.2) is 5.65 Å². The maximum absolute atomic E-state index is 15.0. The zero-order valence-electron chi connectivity index (χ0n) is 23.8. The van der Waals surface area contributed by atoms with Gasteiger partial charge in [-0.2, -0.15) is 0 Å². The fourth-order valence-electron chi connectivity index (χ4n) is 5.09. The number of nitrogens with zero attached hydrogens (tertiary/aromatic N) is 6. The van der Waals surface area contributed by atoms with E-state index in [0.717, 1.165) is 62.0 Å². The molecular formula is C29H40F3N7. The molecule has 0 radical (unpaired) electrons. The van der Waals surface area contributed by atoms with Gasteiger partial charge < -0.3 is 15.1 Å². The van der Waals surface area contributed by atoms with Crippen LogP contribution in [0.15, 0.2) is 24.3 Å². The van der Waals surface area contributed by atoms with Gasteiger partial charge in [0.05, 0.1) is 28.4 Å². The van der Waals surface area contributed by atoms with Gasteiger partial charge in [0.2, 0.25) is 0 Å². The Labute approximate surface area is 229 Å². The van der Waals surface area contributed by atoms with Gasteiger partial charge >= 0.3 is 0 Å². The molecule has 4 rings (SSSR count). The van der Waals surface area contributed by atoms with Gasteiger partial charge in [0, 0.05) is 50.7 Å². The van der Waals surface area contributed by atoms with Crippen LogP contribution in [-0.2, 0) is 6.42 Å². The Morgan fingerprint density at radius 1 is 1.00 bits per heavy atom. The smallest absolute Gasteiger partial charge is 0.266 e. The zero-order chi connectivity index (χ0) is 28.3. The summed E-state index contributed by atoms with van der Waals surface area (Å²) in [5.74, 6) is 0.248. The monoisotopic (exact) mass is 543 g/mol. The first-order valence-corrected chi connectivity index (χ1v) is 13.7. The molecule has 10 heteroatoms. The number of nitrogens with one attached hydrogen (secondary N) is 1. The highest BCUT2D eigenvalue weighted by Gasteiger charge is 2.23. The number of alkyl halides is 2. The molecule has 2 aromatic heterocycles. The molecule has 1 fully saturated rings. The highest BCUT2D eigenvalue weighted by Crippen LogP contribution is 2.32. The molecule has 0 unspecified atom stereocenters. The molecule has 0 saturated carbocycles. The van der Waals surface area contributed by atoms with Crippen molar-refractivity contribution < 1.29 is 13.2 Å². The largest absolute Gasteiger partial charge is 0.369 e. The summed E-state index contributed by atoms with van der Waals surface area (Å²) in [6, 6.07) is 6.07. The molecule has 1 aromatic carbocycles. The summed E-state index contributed by atoms with van der Waals surface area (Å²) in [4.78, 5) is 21.4. The van der Waals surface area contributed by atoms with E-state index in [0.29, 0.717) is 29.8 Å². The van der Waals surface area contributed by atoms with Crippen molar-refractivity contribution in [1.29, 1.82) is 0 Å². The standard InChI is InChI=1S/C29H40F3N7/c1-18(2)38-12-8-13-39(16-15-38)24-17-23-28(33-19(3)21-9-7-10-22(26(21)30)27(31)32)35-25(11-14-37(5)6)36-29(23)34-20(24)4/h7,9-10,17-19,27H,8,11-16H2,1-6H3,(H,33,34,35,36)/t19-/m1/s1. The second kappa shape index (κ2) is 12.5. The van der Waals surface area contributed by atoms with Crippen LogP contribution in [0, 0.1) is 12.7 Å². The molecule has 0 aliphatic carbocycles. The lowest BCUT2D eigenvalue weighted by atomic mass is 10.0. The molecule has 0 bridgehead atoms. The third-order valence-electron chi connectivity index (χ3n) is 7.39. The molecule has 1 N–H and O–H groups in total. The van der Waals surface area contributed by atoms with Crippen molar-refractivity contribution in [1.82, 2.24) is 24.8 Å². The molecule has 3 heterocycles. The number of anilines is 2. The number of halogens is 3. The Morgan fingerprint density at radius 2 is 1.74 bits per heavy atom. The van der Waals surface area contributed by atoms with Crippen LogP contribution in [0.4, 0.5) is 24.7 Å². The normalized spacial score (nSPS) is 15.9. The number of aromatic nitrogens is 3. The molecule has 7 nitrogen and oxygen atoms in total. The number of rotatable bonds is 9. The lowest BCUT2D eigenvalue weighted by Crippen LogP contribution is -2.35. The summed E-state index contributed by atoms with van der Waals surface area (Å²) in [7, 11) is 3.97. The first-order valence-electron chi connectivity index (χ1n) is 13.7. The molecule has 3 aromatic rings. The third kappa shape index (κ3) is 6.78. The molecule has 0 spiro atoms. The van der Waals surface area contributed by atoms with Crippen LogP contribution < -0.4 is 10.2 Å². The molecule has 39 heavy (non-hydrogen) atoms. The van der Waals surface area contributed by atoms with E-state index in [1.54, 1.807) is 6.92 Å². The van der Waals surface area contributed by atoms with Gasteiger partial charge in [-0.15, -0.1) is 0 Å². The SMILES string of the molecule is Cc1nc2nc(CCN(C)C)nc(N[C@H](C)c3cccc(C(F)F)c3F)c2cc1N1CCCN(C(C)C)CC1. The van der Waals surface area contributed by atoms with Crippen molar-refractivity contribution in [2.45, 2.75) is 59.0 Å². The van der Waals surface area contributed by atoms with Crippen LogP contribution in [0.5, 0.6) is 0 Å². The van der Waals surface area contributed by atoms with Crippen LogP contribution in [0.2, 0.25) is 0 Å². The average Bonchev–Trinajstić information content (AvgIpc) is 3.13. The minimum absolute atomic E-state index is 0.163. The van der Waals surface area contributed by atoms with E-state index in [4.69, 9.17) is 15.0 Å². The summed E-state index contributed by atoms with van der Waals surface area (Å²) < 4.78 is 41.7. The molecule has 1 aliphatic heterocycles. The number of fused-ring (bicyclic) bond motifs is 1. The number of pyridine rings is 1. The van der Waals surface area contributed by atoms with E-state index in [9.17, 15) is 13.2 Å². The highest BCUT2D eigenvalue weighted by molar-refractivity contribution is 5.90. The van der Waals surface area contributed by atoms with Crippen LogP contribution in [0.1, 0.15) is 62.3 Å². The van der Waals surface area contributed by atoms with Crippen molar-refractivity contribution in [2.24, 2.45) is 0 Å². The first-order chi connectivity index (χ1) is 18.5. The van der Waals surface area contributed by atoms with Gasteiger partial charge in [-0.1, -0.05) is 18.2 Å². The number of likely N-dealkylation sites (N-methyl/N-ethyl adjacent to an activating group) is 1. The number of benzene rings is 1. The van der Waals surface area contributed by atoms with Crippen LogP contribution >= 0.6 is 0 Å². The van der Waals surface area contributed by atoms with Gasteiger partial charge in [0.1, 0.15) is 17.5 Å².